The van der Waals surface area contributed by atoms with Gasteiger partial charge in [-0.25, -0.2) is 4.39 Å². The lowest BCUT2D eigenvalue weighted by Gasteiger charge is -2.10. The van der Waals surface area contributed by atoms with Gasteiger partial charge in [-0.2, -0.15) is 18.3 Å². The van der Waals surface area contributed by atoms with Crippen LogP contribution in [0.5, 0.6) is 0 Å². The van der Waals surface area contributed by atoms with Gasteiger partial charge in [0.2, 0.25) is 0 Å². The number of allylic oxidation sites excluding steroid dienone is 3. The zero-order valence-electron chi connectivity index (χ0n) is 14.9. The Morgan fingerprint density at radius 3 is 2.72 bits per heavy atom. The van der Waals surface area contributed by atoms with Crippen molar-refractivity contribution < 1.29 is 27.3 Å². The number of rotatable bonds is 5. The molecule has 12 heteroatoms. The normalized spacial score (nSPS) is 14.4. The molecular weight excluding hydrogens is 416 g/mol. The fourth-order valence-corrected chi connectivity index (χ4v) is 3.76. The number of hydrogen-bond acceptors (Lipinski definition) is 5. The van der Waals surface area contributed by atoms with Crippen molar-refractivity contribution in [2.75, 3.05) is 0 Å². The number of hydrogen-bond donors (Lipinski definition) is 1. The zero-order valence-corrected chi connectivity index (χ0v) is 15.7. The predicted octanol–water partition coefficient (Wildman–Crippen LogP) is 4.82. The van der Waals surface area contributed by atoms with Crippen molar-refractivity contribution in [2.45, 2.75) is 32.5 Å². The quantitative estimate of drug-likeness (QED) is 0.418. The monoisotopic (exact) mass is 430 g/mol. The van der Waals surface area contributed by atoms with Crippen LogP contribution in [0.2, 0.25) is 0 Å². The minimum absolute atomic E-state index is 0.0326. The summed E-state index contributed by atoms with van der Waals surface area (Å²) in [6.07, 6.45) is -1.06. The number of nitrogens with zero attached hydrogens (tertiary/aromatic N) is 3. The van der Waals surface area contributed by atoms with Crippen LogP contribution < -0.4 is 5.32 Å². The van der Waals surface area contributed by atoms with Crippen LogP contribution in [-0.4, -0.2) is 20.6 Å². The number of alkyl halides is 3. The molecule has 0 aliphatic heterocycles. The first-order valence-electron chi connectivity index (χ1n) is 8.42. The third kappa shape index (κ3) is 4.21. The third-order valence-electron chi connectivity index (χ3n) is 4.09. The molecular formula is C17H14F4N4O3S. The van der Waals surface area contributed by atoms with Gasteiger partial charge in [0.25, 0.3) is 11.6 Å². The molecule has 0 spiro atoms. The van der Waals surface area contributed by atoms with Crippen molar-refractivity contribution in [3.05, 3.63) is 56.5 Å². The standard InChI is InChI=1S/C17H14F4N4O3S/c1-2-24-11(8-14(23-24)17(19,20)21)15-12(25(27)28)7-13(29-15)16(26)22-10-6-4-3-5-9(10)18/h4,6-8H,2-3,5H2,1H3,(H,22,26). The molecule has 0 bridgehead atoms. The van der Waals surface area contributed by atoms with Crippen molar-refractivity contribution in [3.8, 4) is 10.6 Å². The summed E-state index contributed by atoms with van der Waals surface area (Å²) >= 11 is 0.641. The highest BCUT2D eigenvalue weighted by molar-refractivity contribution is 7.18. The summed E-state index contributed by atoms with van der Waals surface area (Å²) in [5.41, 5.74) is -1.89. The van der Waals surface area contributed by atoms with Gasteiger partial charge in [0.15, 0.2) is 5.69 Å². The van der Waals surface area contributed by atoms with Crippen LogP contribution in [0, 0.1) is 10.1 Å². The van der Waals surface area contributed by atoms with Gasteiger partial charge >= 0.3 is 6.18 Å². The summed E-state index contributed by atoms with van der Waals surface area (Å²) in [6.45, 7) is 1.57. The minimum Gasteiger partial charge on any atom is -0.319 e. The van der Waals surface area contributed by atoms with Crippen molar-refractivity contribution >= 4 is 22.9 Å². The van der Waals surface area contributed by atoms with E-state index >= 15 is 0 Å². The molecule has 2 aromatic heterocycles. The summed E-state index contributed by atoms with van der Waals surface area (Å²) < 4.78 is 53.8. The van der Waals surface area contributed by atoms with Gasteiger partial charge in [-0.05, 0) is 25.5 Å². The summed E-state index contributed by atoms with van der Waals surface area (Å²) in [5, 5.41) is 17.2. The molecule has 0 saturated carbocycles. The Labute approximate surface area is 165 Å². The number of aryl methyl sites for hydroxylation is 1. The van der Waals surface area contributed by atoms with Crippen molar-refractivity contribution in [1.82, 2.24) is 15.1 Å². The minimum atomic E-state index is -4.72. The van der Waals surface area contributed by atoms with E-state index in [1.165, 1.54) is 13.0 Å². The first-order valence-corrected chi connectivity index (χ1v) is 9.23. The van der Waals surface area contributed by atoms with Gasteiger partial charge < -0.3 is 5.32 Å². The maximum Gasteiger partial charge on any atom is 0.435 e. The Balaban J connectivity index is 2.02. The largest absolute Gasteiger partial charge is 0.435 e. The van der Waals surface area contributed by atoms with Gasteiger partial charge in [0.1, 0.15) is 10.7 Å². The van der Waals surface area contributed by atoms with Crippen LogP contribution in [0.1, 0.15) is 35.1 Å². The van der Waals surface area contributed by atoms with E-state index in [2.05, 4.69) is 10.4 Å². The highest BCUT2D eigenvalue weighted by Crippen LogP contribution is 2.40. The smallest absolute Gasteiger partial charge is 0.319 e. The predicted molar refractivity (Wildman–Crippen MR) is 96.8 cm³/mol. The second-order valence-electron chi connectivity index (χ2n) is 6.02. The van der Waals surface area contributed by atoms with E-state index in [-0.39, 0.29) is 34.1 Å². The van der Waals surface area contributed by atoms with E-state index in [0.29, 0.717) is 23.8 Å². The number of nitrogens with one attached hydrogen (secondary N) is 1. The van der Waals surface area contributed by atoms with Crippen molar-refractivity contribution in [3.63, 3.8) is 0 Å². The van der Waals surface area contributed by atoms with Gasteiger partial charge in [0, 0.05) is 19.0 Å². The van der Waals surface area contributed by atoms with Gasteiger partial charge in [0.05, 0.1) is 21.2 Å². The average Bonchev–Trinajstić information content (AvgIpc) is 3.27. The van der Waals surface area contributed by atoms with Crippen molar-refractivity contribution in [1.29, 1.82) is 0 Å². The molecule has 0 unspecified atom stereocenters. The molecule has 29 heavy (non-hydrogen) atoms. The van der Waals surface area contributed by atoms with E-state index in [4.69, 9.17) is 0 Å². The molecule has 154 valence electrons. The number of halogens is 4. The molecule has 2 heterocycles. The summed E-state index contributed by atoms with van der Waals surface area (Å²) in [5.74, 6) is -1.31. The van der Waals surface area contributed by atoms with Gasteiger partial charge in [-0.3, -0.25) is 19.6 Å². The molecule has 1 aliphatic rings. The molecule has 1 amide bonds. The zero-order chi connectivity index (χ0) is 21.3. The Morgan fingerprint density at radius 2 is 2.14 bits per heavy atom. The Kier molecular flexibility index (Phi) is 5.55. The molecule has 0 radical (unpaired) electrons. The van der Waals surface area contributed by atoms with E-state index in [1.54, 1.807) is 6.08 Å². The number of carbonyl (C=O) groups excluding carboxylic acids is 1. The Hall–Kier alpha value is -3.02. The lowest BCUT2D eigenvalue weighted by atomic mass is 10.1. The average molecular weight is 430 g/mol. The maximum absolute atomic E-state index is 13.8. The molecule has 0 atom stereocenters. The Bertz CT molecular complexity index is 1040. The number of aromatic nitrogens is 2. The van der Waals surface area contributed by atoms with Crippen LogP contribution in [0.4, 0.5) is 23.2 Å². The second-order valence-corrected chi connectivity index (χ2v) is 7.08. The first-order chi connectivity index (χ1) is 13.6. The van der Waals surface area contributed by atoms with E-state index in [1.807, 2.05) is 0 Å². The number of nitro groups is 1. The van der Waals surface area contributed by atoms with E-state index in [9.17, 15) is 32.5 Å². The topological polar surface area (TPSA) is 90.1 Å². The lowest BCUT2D eigenvalue weighted by Crippen LogP contribution is -2.22. The molecule has 0 fully saturated rings. The molecule has 7 nitrogen and oxygen atoms in total. The van der Waals surface area contributed by atoms with Crippen LogP contribution in [-0.2, 0) is 12.7 Å². The number of thiophene rings is 1. The highest BCUT2D eigenvalue weighted by atomic mass is 32.1. The molecule has 0 saturated heterocycles. The van der Waals surface area contributed by atoms with Crippen LogP contribution in [0.25, 0.3) is 10.6 Å². The summed E-state index contributed by atoms with van der Waals surface area (Å²) in [6, 6.07) is 1.66. The third-order valence-corrected chi connectivity index (χ3v) is 5.24. The molecule has 2 aromatic rings. The molecule has 3 rings (SSSR count). The number of carbonyl (C=O) groups is 1. The van der Waals surface area contributed by atoms with Crippen LogP contribution in [0.3, 0.4) is 0 Å². The van der Waals surface area contributed by atoms with Crippen LogP contribution in [0.15, 0.2) is 35.8 Å². The molecule has 0 aromatic carbocycles. The summed E-state index contributed by atoms with van der Waals surface area (Å²) in [4.78, 5) is 22.8. The summed E-state index contributed by atoms with van der Waals surface area (Å²) in [7, 11) is 0. The van der Waals surface area contributed by atoms with Crippen LogP contribution >= 0.6 is 11.3 Å². The molecule has 1 N–H and O–H groups in total. The molecule has 1 aliphatic carbocycles. The number of amides is 1. The first kappa shape index (κ1) is 20.7. The fourth-order valence-electron chi connectivity index (χ4n) is 2.72. The maximum atomic E-state index is 13.8. The highest BCUT2D eigenvalue weighted by Gasteiger charge is 2.36. The van der Waals surface area contributed by atoms with E-state index in [0.717, 1.165) is 10.7 Å². The Morgan fingerprint density at radius 1 is 1.41 bits per heavy atom. The SMILES string of the molecule is CCn1nc(C(F)(F)F)cc1-c1sc(C(=O)NC2=C(F)CCC=C2)cc1[N+](=O)[O-]. The fraction of sp³-hybridized carbons (Fsp3) is 0.294. The van der Waals surface area contributed by atoms with Gasteiger partial charge in [-0.1, -0.05) is 6.08 Å². The van der Waals surface area contributed by atoms with Crippen molar-refractivity contribution in [2.24, 2.45) is 0 Å². The second kappa shape index (κ2) is 7.78. The lowest BCUT2D eigenvalue weighted by molar-refractivity contribution is -0.383. The van der Waals surface area contributed by atoms with E-state index < -0.39 is 34.2 Å². The van der Waals surface area contributed by atoms with Gasteiger partial charge in [-0.15, -0.1) is 11.3 Å².